The number of aliphatic carboxylic acids is 1. The van der Waals surface area contributed by atoms with Gasteiger partial charge in [-0.3, -0.25) is 5.32 Å². The molecule has 2 rings (SSSR count). The Morgan fingerprint density at radius 1 is 1.56 bits per heavy atom. The Morgan fingerprint density at radius 2 is 2.25 bits per heavy atom. The maximum Gasteiger partial charge on any atom is 0.339 e. The summed E-state index contributed by atoms with van der Waals surface area (Å²) in [6.07, 6.45) is 0. The molecular formula is C11H13NO3S. The smallest absolute Gasteiger partial charge is 0.339 e. The van der Waals surface area contributed by atoms with Crippen LogP contribution in [0.2, 0.25) is 0 Å². The zero-order chi connectivity index (χ0) is 11.8. The van der Waals surface area contributed by atoms with Gasteiger partial charge in [0, 0.05) is 17.4 Å². The van der Waals surface area contributed by atoms with Crippen LogP contribution in [0.4, 0.5) is 0 Å². The van der Waals surface area contributed by atoms with Gasteiger partial charge in [-0.15, -0.1) is 11.8 Å². The van der Waals surface area contributed by atoms with Crippen molar-refractivity contribution in [2.45, 2.75) is 17.8 Å². The Kier molecular flexibility index (Phi) is 2.82. The molecule has 86 valence electrons. The number of benzene rings is 1. The molecule has 3 N–H and O–H groups in total. The predicted octanol–water partition coefficient (Wildman–Crippen LogP) is 1.35. The Morgan fingerprint density at radius 3 is 2.75 bits per heavy atom. The van der Waals surface area contributed by atoms with Crippen LogP contribution in [0.5, 0.6) is 5.75 Å². The number of phenols is 1. The lowest BCUT2D eigenvalue weighted by Crippen LogP contribution is -2.44. The molecule has 1 unspecified atom stereocenters. The Balaban J connectivity index is 2.49. The third-order valence-corrected chi connectivity index (χ3v) is 4.20. The summed E-state index contributed by atoms with van der Waals surface area (Å²) < 4.78 is 0. The number of hydrogen-bond acceptors (Lipinski definition) is 4. The molecule has 0 saturated carbocycles. The fraction of sp³-hybridized carbons (Fsp3) is 0.364. The van der Waals surface area contributed by atoms with Gasteiger partial charge in [-0.05, 0) is 13.0 Å². The number of para-hydroxylation sites is 1. The maximum atomic E-state index is 11.4. The average Bonchev–Trinajstić information content (AvgIpc) is 2.62. The lowest BCUT2D eigenvalue weighted by Gasteiger charge is -2.25. The van der Waals surface area contributed by atoms with Crippen LogP contribution in [0.15, 0.2) is 24.3 Å². The third-order valence-electron chi connectivity index (χ3n) is 2.58. The van der Waals surface area contributed by atoms with E-state index in [1.54, 1.807) is 18.2 Å². The number of rotatable bonds is 2. The van der Waals surface area contributed by atoms with E-state index in [9.17, 15) is 15.0 Å². The molecule has 1 fully saturated rings. The largest absolute Gasteiger partial charge is 0.508 e. The van der Waals surface area contributed by atoms with E-state index in [1.165, 1.54) is 17.8 Å². The first-order chi connectivity index (χ1) is 7.56. The molecule has 5 heteroatoms. The topological polar surface area (TPSA) is 69.6 Å². The third kappa shape index (κ3) is 1.66. The molecule has 0 aliphatic carbocycles. The normalized spacial score (nSPS) is 29.2. The maximum absolute atomic E-state index is 11.4. The van der Waals surface area contributed by atoms with E-state index < -0.39 is 10.8 Å². The van der Waals surface area contributed by atoms with E-state index in [1.807, 2.05) is 6.92 Å². The van der Waals surface area contributed by atoms with Crippen LogP contribution in [0.3, 0.4) is 0 Å². The minimum absolute atomic E-state index is 0.0130. The first kappa shape index (κ1) is 11.3. The monoisotopic (exact) mass is 239 g/mol. The van der Waals surface area contributed by atoms with Gasteiger partial charge in [0.1, 0.15) is 5.75 Å². The summed E-state index contributed by atoms with van der Waals surface area (Å²) in [5, 5.41) is 22.1. The molecule has 0 amide bonds. The van der Waals surface area contributed by atoms with Gasteiger partial charge in [0.25, 0.3) is 0 Å². The SMILES string of the molecule is CC1CS[C@](C(=O)O)(c2ccccc2O)N1. The summed E-state index contributed by atoms with van der Waals surface area (Å²) in [4.78, 5) is 10.2. The zero-order valence-corrected chi connectivity index (χ0v) is 9.62. The first-order valence-corrected chi connectivity index (χ1v) is 5.98. The van der Waals surface area contributed by atoms with Gasteiger partial charge in [0.2, 0.25) is 0 Å². The molecule has 0 spiro atoms. The molecule has 1 aliphatic rings. The summed E-state index contributed by atoms with van der Waals surface area (Å²) >= 11 is 1.30. The number of nitrogens with one attached hydrogen (secondary N) is 1. The van der Waals surface area contributed by atoms with Gasteiger partial charge in [-0.2, -0.15) is 0 Å². The second-order valence-corrected chi connectivity index (χ2v) is 5.09. The molecular weight excluding hydrogens is 226 g/mol. The van der Waals surface area contributed by atoms with Gasteiger partial charge >= 0.3 is 5.97 Å². The van der Waals surface area contributed by atoms with Gasteiger partial charge in [-0.25, -0.2) is 4.79 Å². The van der Waals surface area contributed by atoms with Crippen molar-refractivity contribution in [2.75, 3.05) is 5.75 Å². The van der Waals surface area contributed by atoms with Crippen LogP contribution in [0.1, 0.15) is 12.5 Å². The molecule has 2 atom stereocenters. The van der Waals surface area contributed by atoms with E-state index in [0.29, 0.717) is 11.3 Å². The van der Waals surface area contributed by atoms with Crippen molar-refractivity contribution in [1.29, 1.82) is 0 Å². The van der Waals surface area contributed by atoms with Crippen molar-refractivity contribution < 1.29 is 15.0 Å². The Labute approximate surface area is 97.7 Å². The van der Waals surface area contributed by atoms with Crippen molar-refractivity contribution in [3.63, 3.8) is 0 Å². The highest BCUT2D eigenvalue weighted by Gasteiger charge is 2.47. The molecule has 1 heterocycles. The number of phenolic OH excluding ortho intramolecular Hbond substituents is 1. The zero-order valence-electron chi connectivity index (χ0n) is 8.80. The molecule has 1 aromatic carbocycles. The number of carbonyl (C=O) groups is 1. The first-order valence-electron chi connectivity index (χ1n) is 5.00. The fourth-order valence-electron chi connectivity index (χ4n) is 1.85. The predicted molar refractivity (Wildman–Crippen MR) is 62.5 cm³/mol. The van der Waals surface area contributed by atoms with Crippen LogP contribution < -0.4 is 5.32 Å². The number of thioether (sulfide) groups is 1. The van der Waals surface area contributed by atoms with Crippen molar-refractivity contribution in [1.82, 2.24) is 5.32 Å². The molecule has 1 aromatic rings. The molecule has 1 saturated heterocycles. The summed E-state index contributed by atoms with van der Waals surface area (Å²) in [6, 6.07) is 6.66. The molecule has 0 aromatic heterocycles. The van der Waals surface area contributed by atoms with Gasteiger partial charge in [0.05, 0.1) is 0 Å². The number of hydrogen-bond donors (Lipinski definition) is 3. The summed E-state index contributed by atoms with van der Waals surface area (Å²) in [5.41, 5.74) is 0.414. The van der Waals surface area contributed by atoms with E-state index in [4.69, 9.17) is 0 Å². The summed E-state index contributed by atoms with van der Waals surface area (Å²) in [6.45, 7) is 1.93. The quantitative estimate of drug-likeness (QED) is 0.727. The molecule has 4 nitrogen and oxygen atoms in total. The van der Waals surface area contributed by atoms with Crippen LogP contribution >= 0.6 is 11.8 Å². The van der Waals surface area contributed by atoms with E-state index in [2.05, 4.69) is 5.32 Å². The van der Waals surface area contributed by atoms with Crippen LogP contribution in [0.25, 0.3) is 0 Å². The van der Waals surface area contributed by atoms with Crippen molar-refractivity contribution in [3.05, 3.63) is 29.8 Å². The fourth-order valence-corrected chi connectivity index (χ4v) is 3.17. The van der Waals surface area contributed by atoms with Crippen LogP contribution in [-0.2, 0) is 9.67 Å². The molecule has 1 aliphatic heterocycles. The lowest BCUT2D eigenvalue weighted by atomic mass is 10.0. The molecule has 0 radical (unpaired) electrons. The summed E-state index contributed by atoms with van der Waals surface area (Å²) in [5.74, 6) is -0.247. The highest BCUT2D eigenvalue weighted by Crippen LogP contribution is 2.43. The Hall–Kier alpha value is -1.20. The molecule has 0 bridgehead atoms. The minimum atomic E-state index is -1.22. The standard InChI is InChI=1S/C11H13NO3S/c1-7-6-16-11(12-7,10(14)15)8-4-2-3-5-9(8)13/h2-5,7,12-13H,6H2,1H3,(H,14,15)/t7?,11-/m0/s1. The van der Waals surface area contributed by atoms with Gasteiger partial charge < -0.3 is 10.2 Å². The van der Waals surface area contributed by atoms with E-state index in [0.717, 1.165) is 0 Å². The number of carboxylic acids is 1. The van der Waals surface area contributed by atoms with E-state index in [-0.39, 0.29) is 11.8 Å². The second-order valence-electron chi connectivity index (χ2n) is 3.86. The highest BCUT2D eigenvalue weighted by atomic mass is 32.2. The van der Waals surface area contributed by atoms with Crippen molar-refractivity contribution in [3.8, 4) is 5.75 Å². The number of aromatic hydroxyl groups is 1. The molecule has 16 heavy (non-hydrogen) atoms. The van der Waals surface area contributed by atoms with E-state index >= 15 is 0 Å². The Bertz CT molecular complexity index is 423. The lowest BCUT2D eigenvalue weighted by molar-refractivity contribution is -0.141. The van der Waals surface area contributed by atoms with Gasteiger partial charge in [0.15, 0.2) is 4.87 Å². The van der Waals surface area contributed by atoms with Crippen LogP contribution in [0, 0.1) is 0 Å². The van der Waals surface area contributed by atoms with Gasteiger partial charge in [-0.1, -0.05) is 18.2 Å². The number of carboxylic acid groups (broad SMARTS) is 1. The van der Waals surface area contributed by atoms with Crippen molar-refractivity contribution >= 4 is 17.7 Å². The second kappa shape index (κ2) is 3.99. The van der Waals surface area contributed by atoms with Crippen LogP contribution in [-0.4, -0.2) is 28.0 Å². The van der Waals surface area contributed by atoms with Crippen molar-refractivity contribution in [2.24, 2.45) is 0 Å². The highest BCUT2D eigenvalue weighted by molar-refractivity contribution is 8.01. The minimum Gasteiger partial charge on any atom is -0.508 e. The average molecular weight is 239 g/mol. The summed E-state index contributed by atoms with van der Waals surface area (Å²) in [7, 11) is 0.